The van der Waals surface area contributed by atoms with Gasteiger partial charge < -0.3 is 21.5 Å². The van der Waals surface area contributed by atoms with Crippen LogP contribution in [0.25, 0.3) is 0 Å². The van der Waals surface area contributed by atoms with Crippen LogP contribution in [-0.4, -0.2) is 34.2 Å². The van der Waals surface area contributed by atoms with E-state index in [1.54, 1.807) is 0 Å². The number of aliphatic hydroxyl groups excluding tert-OH is 1. The molecule has 3 rings (SSSR count). The largest absolute Gasteiger partial charge is 0.394 e. The van der Waals surface area contributed by atoms with Crippen molar-refractivity contribution in [2.45, 2.75) is 43.7 Å². The average Bonchev–Trinajstić information content (AvgIpc) is 3.06. The number of carbonyl (C=O) groups excluding carboxylic acids is 1. The lowest BCUT2D eigenvalue weighted by atomic mass is 9.77. The summed E-state index contributed by atoms with van der Waals surface area (Å²) in [6.07, 6.45) is 4.97. The molecule has 0 radical (unpaired) electrons. The zero-order chi connectivity index (χ0) is 13.5. The fraction of sp³-hybridized carbons (Fsp3) is 0.667. The topological polar surface area (TPSA) is 100 Å². The molecule has 2 aliphatic rings. The highest BCUT2D eigenvalue weighted by molar-refractivity contribution is 7.18. The third-order valence-electron chi connectivity index (χ3n) is 3.76. The second-order valence-corrected chi connectivity index (χ2v) is 6.40. The van der Waals surface area contributed by atoms with Gasteiger partial charge in [-0.1, -0.05) is 11.3 Å². The molecule has 1 aromatic rings. The number of nitrogen functional groups attached to an aromatic ring is 1. The molecule has 1 aromatic heterocycles. The van der Waals surface area contributed by atoms with E-state index < -0.39 is 5.54 Å². The second-order valence-electron chi connectivity index (χ2n) is 5.40. The molecule has 5 N–H and O–H groups in total. The van der Waals surface area contributed by atoms with Crippen molar-refractivity contribution in [1.82, 2.24) is 10.3 Å². The Morgan fingerprint density at radius 3 is 2.79 bits per heavy atom. The lowest BCUT2D eigenvalue weighted by Gasteiger charge is -2.40. The number of thiazole rings is 1. The maximum Gasteiger partial charge on any atom is 0.265 e. The van der Waals surface area contributed by atoms with Crippen molar-refractivity contribution in [2.75, 3.05) is 17.7 Å². The van der Waals surface area contributed by atoms with Gasteiger partial charge in [0.25, 0.3) is 5.91 Å². The molecule has 1 amide bonds. The summed E-state index contributed by atoms with van der Waals surface area (Å²) in [7, 11) is 0. The van der Waals surface area contributed by atoms with E-state index in [0.717, 1.165) is 32.1 Å². The van der Waals surface area contributed by atoms with Crippen molar-refractivity contribution in [3.05, 3.63) is 4.88 Å². The summed E-state index contributed by atoms with van der Waals surface area (Å²) < 4.78 is 0. The number of nitrogens with one attached hydrogen (secondary N) is 2. The van der Waals surface area contributed by atoms with Crippen LogP contribution in [0.3, 0.4) is 0 Å². The van der Waals surface area contributed by atoms with Gasteiger partial charge in [0.1, 0.15) is 10.7 Å². The van der Waals surface area contributed by atoms with Crippen molar-refractivity contribution in [3.8, 4) is 0 Å². The Morgan fingerprint density at radius 2 is 2.26 bits per heavy atom. The highest BCUT2D eigenvalue weighted by atomic mass is 32.1. The van der Waals surface area contributed by atoms with Gasteiger partial charge >= 0.3 is 0 Å². The van der Waals surface area contributed by atoms with Crippen LogP contribution in [-0.2, 0) is 0 Å². The standard InChI is InChI=1S/C12H18N4O2S/c13-9-8(19-11(15-9)14-7-2-3-7)10(18)16-12(6-17)4-1-5-12/h7,17H,1-6,13H2,(H,14,15)(H,16,18). The fourth-order valence-corrected chi connectivity index (χ4v) is 3.04. The molecule has 2 fully saturated rings. The first-order valence-corrected chi connectivity index (χ1v) is 7.40. The summed E-state index contributed by atoms with van der Waals surface area (Å²) in [6, 6.07) is 0.483. The number of amides is 1. The van der Waals surface area contributed by atoms with E-state index in [4.69, 9.17) is 5.73 Å². The molecular formula is C12H18N4O2S. The number of hydrogen-bond acceptors (Lipinski definition) is 6. The van der Waals surface area contributed by atoms with Gasteiger partial charge in [-0.3, -0.25) is 4.79 Å². The molecule has 2 saturated carbocycles. The highest BCUT2D eigenvalue weighted by Crippen LogP contribution is 2.34. The number of carbonyl (C=O) groups is 1. The van der Waals surface area contributed by atoms with E-state index in [0.29, 0.717) is 16.1 Å². The van der Waals surface area contributed by atoms with Gasteiger partial charge in [0, 0.05) is 6.04 Å². The van der Waals surface area contributed by atoms with Gasteiger partial charge in [-0.25, -0.2) is 4.98 Å². The molecule has 0 spiro atoms. The van der Waals surface area contributed by atoms with Crippen molar-refractivity contribution >= 4 is 28.2 Å². The molecule has 0 saturated heterocycles. The Bertz CT molecular complexity index is 488. The van der Waals surface area contributed by atoms with Crippen LogP contribution < -0.4 is 16.4 Å². The molecule has 104 valence electrons. The molecule has 0 bridgehead atoms. The molecule has 1 heterocycles. The van der Waals surface area contributed by atoms with Crippen LogP contribution in [0.2, 0.25) is 0 Å². The zero-order valence-electron chi connectivity index (χ0n) is 10.6. The predicted octanol–water partition coefficient (Wildman–Crippen LogP) is 0.944. The first kappa shape index (κ1) is 12.7. The predicted molar refractivity (Wildman–Crippen MR) is 74.3 cm³/mol. The molecule has 0 aliphatic heterocycles. The van der Waals surface area contributed by atoms with Crippen LogP contribution in [0.1, 0.15) is 41.8 Å². The summed E-state index contributed by atoms with van der Waals surface area (Å²) >= 11 is 1.28. The van der Waals surface area contributed by atoms with E-state index in [1.165, 1.54) is 11.3 Å². The minimum absolute atomic E-state index is 0.0232. The Balaban J connectivity index is 1.69. The Hall–Kier alpha value is -1.34. The molecule has 6 nitrogen and oxygen atoms in total. The van der Waals surface area contributed by atoms with Crippen LogP contribution in [0, 0.1) is 0 Å². The van der Waals surface area contributed by atoms with Crippen molar-refractivity contribution < 1.29 is 9.90 Å². The Morgan fingerprint density at radius 1 is 1.53 bits per heavy atom. The van der Waals surface area contributed by atoms with Gasteiger partial charge in [0.15, 0.2) is 5.13 Å². The second kappa shape index (κ2) is 4.64. The molecular weight excluding hydrogens is 264 g/mol. The number of anilines is 2. The lowest BCUT2D eigenvalue weighted by molar-refractivity contribution is 0.0645. The monoisotopic (exact) mass is 282 g/mol. The molecule has 0 atom stereocenters. The van der Waals surface area contributed by atoms with Crippen LogP contribution >= 0.6 is 11.3 Å². The quantitative estimate of drug-likeness (QED) is 0.644. The van der Waals surface area contributed by atoms with E-state index >= 15 is 0 Å². The van der Waals surface area contributed by atoms with Gasteiger partial charge in [-0.15, -0.1) is 0 Å². The molecule has 2 aliphatic carbocycles. The first-order chi connectivity index (χ1) is 9.12. The normalized spacial score (nSPS) is 20.7. The minimum atomic E-state index is -0.447. The number of rotatable bonds is 5. The summed E-state index contributed by atoms with van der Waals surface area (Å²) in [5.41, 5.74) is 5.35. The number of aromatic nitrogens is 1. The molecule has 7 heteroatoms. The summed E-state index contributed by atoms with van der Waals surface area (Å²) in [5.74, 6) is 0.0330. The Kier molecular flexibility index (Phi) is 3.10. The van der Waals surface area contributed by atoms with E-state index in [1.807, 2.05) is 0 Å². The summed E-state index contributed by atoms with van der Waals surface area (Å²) in [4.78, 5) is 16.8. The van der Waals surface area contributed by atoms with Gasteiger partial charge in [-0.2, -0.15) is 0 Å². The zero-order valence-corrected chi connectivity index (χ0v) is 11.4. The lowest BCUT2D eigenvalue weighted by Crippen LogP contribution is -2.56. The van der Waals surface area contributed by atoms with Crippen molar-refractivity contribution in [2.24, 2.45) is 0 Å². The maximum atomic E-state index is 12.2. The number of aliphatic hydroxyl groups is 1. The van der Waals surface area contributed by atoms with Gasteiger partial charge in [0.05, 0.1) is 12.1 Å². The minimum Gasteiger partial charge on any atom is -0.394 e. The number of nitrogens with two attached hydrogens (primary N) is 1. The van der Waals surface area contributed by atoms with Gasteiger partial charge in [-0.05, 0) is 32.1 Å². The highest BCUT2D eigenvalue weighted by Gasteiger charge is 2.38. The Labute approximate surface area is 115 Å². The van der Waals surface area contributed by atoms with Crippen LogP contribution in [0.4, 0.5) is 10.9 Å². The first-order valence-electron chi connectivity index (χ1n) is 6.58. The molecule has 0 aromatic carbocycles. The molecule has 0 unspecified atom stereocenters. The third-order valence-corrected chi connectivity index (χ3v) is 4.76. The molecule has 19 heavy (non-hydrogen) atoms. The van der Waals surface area contributed by atoms with E-state index in [-0.39, 0.29) is 18.3 Å². The van der Waals surface area contributed by atoms with Crippen molar-refractivity contribution in [3.63, 3.8) is 0 Å². The third kappa shape index (κ3) is 2.52. The SMILES string of the molecule is Nc1nc(NC2CC2)sc1C(=O)NC1(CO)CCC1. The van der Waals surface area contributed by atoms with Crippen molar-refractivity contribution in [1.29, 1.82) is 0 Å². The fourth-order valence-electron chi connectivity index (χ4n) is 2.18. The van der Waals surface area contributed by atoms with Crippen LogP contribution in [0.15, 0.2) is 0 Å². The van der Waals surface area contributed by atoms with Gasteiger partial charge in [0.2, 0.25) is 0 Å². The smallest absolute Gasteiger partial charge is 0.265 e. The number of hydrogen-bond donors (Lipinski definition) is 4. The van der Waals surface area contributed by atoms with Crippen LogP contribution in [0.5, 0.6) is 0 Å². The van der Waals surface area contributed by atoms with E-state index in [2.05, 4.69) is 15.6 Å². The summed E-state index contributed by atoms with van der Waals surface area (Å²) in [5, 5.41) is 16.2. The average molecular weight is 282 g/mol. The van der Waals surface area contributed by atoms with E-state index in [9.17, 15) is 9.90 Å². The number of nitrogens with zero attached hydrogens (tertiary/aromatic N) is 1. The maximum absolute atomic E-state index is 12.2. The summed E-state index contributed by atoms with van der Waals surface area (Å²) in [6.45, 7) is -0.0232.